The first-order valence-electron chi connectivity index (χ1n) is 34.9. The van der Waals surface area contributed by atoms with Crippen molar-refractivity contribution in [3.63, 3.8) is 0 Å². The van der Waals surface area contributed by atoms with E-state index < -0.39 is 258 Å². The summed E-state index contributed by atoms with van der Waals surface area (Å²) in [5.74, 6) is -0.852. The zero-order chi connectivity index (χ0) is 72.7. The van der Waals surface area contributed by atoms with E-state index in [-0.39, 0.29) is 29.1 Å². The molecule has 0 radical (unpaired) electrons. The van der Waals surface area contributed by atoms with Crippen molar-refractivity contribution >= 4 is 0 Å². The Morgan fingerprint density at radius 3 is 1.35 bits per heavy atom. The molecule has 6 saturated heterocycles. The molecule has 0 spiro atoms. The maximum Gasteiger partial charge on any atom is 0.187 e. The molecule has 33 nitrogen and oxygen atoms in total. The SMILES string of the molecule is CC(C)=CCC[C@](C)(O[C@@H]1O[C@H](CO[C@@H]2O[C@H](CO)[C@@H](O[C@@H]3O[C@H](CO)[C@H](O)[C@H](O)[C@H]3O)[C@H](O)[C@H]2O)[C@@H](O)[C@H](O)[C@H]1O)[C@H]1CC[C@]2(C)[C@@H]1[C@H](O)C[C@@H]1[C@@]3(C)CC[C@H](O[C@@H]4O[C@H](CO)[C@@H](O)[C@H](O)[C@H]4O[C@@H]4O[C@H](CO)[C@@H](O[C@@H]5O[C@H](CO)[C@H](O)[C@H](O)[C@H]5O)[C@H](O)[C@H]4O)C(C)(C)[C@@H]3CC[C@]12C. The smallest absolute Gasteiger partial charge is 0.187 e. The molecule has 574 valence electrons. The topological polar surface area (TPSA) is 536 Å². The molecular weight excluding hydrogens is 1320 g/mol. The van der Waals surface area contributed by atoms with Crippen molar-refractivity contribution in [1.29, 1.82) is 0 Å². The highest BCUT2D eigenvalue weighted by atomic mass is 16.8. The van der Waals surface area contributed by atoms with Gasteiger partial charge in [0.15, 0.2) is 37.7 Å². The van der Waals surface area contributed by atoms with E-state index in [4.69, 9.17) is 56.8 Å². The predicted molar refractivity (Wildman–Crippen MR) is 331 cm³/mol. The first-order chi connectivity index (χ1) is 46.5. The molecule has 4 saturated carbocycles. The van der Waals surface area contributed by atoms with Crippen molar-refractivity contribution < 1.29 is 164 Å². The van der Waals surface area contributed by atoms with Crippen molar-refractivity contribution in [2.45, 2.75) is 315 Å². The Balaban J connectivity index is 0.824. The van der Waals surface area contributed by atoms with Gasteiger partial charge in [0.25, 0.3) is 0 Å². The van der Waals surface area contributed by atoms with Gasteiger partial charge in [-0.15, -0.1) is 0 Å². The van der Waals surface area contributed by atoms with Gasteiger partial charge in [-0.2, -0.15) is 0 Å². The zero-order valence-electron chi connectivity index (χ0n) is 57.3. The van der Waals surface area contributed by atoms with Crippen molar-refractivity contribution in [2.24, 2.45) is 45.3 Å². The minimum Gasteiger partial charge on any atom is -0.394 e. The van der Waals surface area contributed by atoms with Crippen LogP contribution in [0.25, 0.3) is 0 Å². The van der Waals surface area contributed by atoms with E-state index in [1.54, 1.807) is 0 Å². The summed E-state index contributed by atoms with van der Waals surface area (Å²) in [6.45, 7) is 12.1. The summed E-state index contributed by atoms with van der Waals surface area (Å²) in [6, 6.07) is 0. The number of fused-ring (bicyclic) bond motifs is 5. The van der Waals surface area contributed by atoms with E-state index in [1.165, 1.54) is 0 Å². The Morgan fingerprint density at radius 1 is 0.424 bits per heavy atom. The van der Waals surface area contributed by atoms with E-state index in [9.17, 15) is 107 Å². The van der Waals surface area contributed by atoms with Crippen LogP contribution in [0.5, 0.6) is 0 Å². The normalized spacial score (nSPS) is 53.0. The molecule has 10 rings (SSSR count). The van der Waals surface area contributed by atoms with Gasteiger partial charge in [-0.05, 0) is 124 Å². The third kappa shape index (κ3) is 14.6. The van der Waals surface area contributed by atoms with Gasteiger partial charge < -0.3 is 164 Å². The summed E-state index contributed by atoms with van der Waals surface area (Å²) in [5, 5.41) is 229. The standard InChI is InChI=1S/C66H112O33/c1-25(2)10-9-14-66(8,99-60-50(85)44(79)41(76)33(94-60)24-88-56-51(86)46(81)53(31(22-70)92-56)96-57-48(83)42(77)38(73)28(19-67)89-57)26-11-16-65(7)37(26)27(72)18-35-63(5)15-13-36(62(3,4)34(63)12-17-64(35,65)6)95-61-55(45(80)40(75)30(21-69)91-61)98-59-52(87)47(82)54(32(23-71)93-59)97-58-49(84)43(78)39(74)29(20-68)90-58/h10,26-61,67-87H,9,11-24H2,1-8H3/t26-,27+,28+,29+,30+,31+,32+,33+,34-,35+,36-,37-,38-,39-,40+,41+,42-,43-,44-,45-,46+,47+,48+,49+,50+,51+,52+,53+,54+,55+,56+,57-,58-,59-,60-,61-,63-,64+,65+,66-/m0/s1. The summed E-state index contributed by atoms with van der Waals surface area (Å²) < 4.78 is 72.4. The van der Waals surface area contributed by atoms with Gasteiger partial charge >= 0.3 is 0 Å². The monoisotopic (exact) mass is 1430 g/mol. The number of aliphatic hydroxyl groups excluding tert-OH is 21. The lowest BCUT2D eigenvalue weighted by atomic mass is 9.35. The van der Waals surface area contributed by atoms with Crippen LogP contribution < -0.4 is 0 Å². The Labute approximate surface area is 574 Å². The van der Waals surface area contributed by atoms with Crippen LogP contribution in [0.3, 0.4) is 0 Å². The molecule has 4 aliphatic carbocycles. The molecule has 0 aromatic heterocycles. The van der Waals surface area contributed by atoms with Crippen LogP contribution >= 0.6 is 0 Å². The van der Waals surface area contributed by atoms with Gasteiger partial charge in [-0.3, -0.25) is 0 Å². The van der Waals surface area contributed by atoms with Crippen LogP contribution in [0.2, 0.25) is 0 Å². The largest absolute Gasteiger partial charge is 0.394 e. The highest BCUT2D eigenvalue weighted by Crippen LogP contribution is 2.76. The first kappa shape index (κ1) is 80.0. The minimum atomic E-state index is -2.03. The van der Waals surface area contributed by atoms with Crippen LogP contribution in [0, 0.1) is 45.3 Å². The third-order valence-corrected chi connectivity index (χ3v) is 25.1. The second kappa shape index (κ2) is 31.3. The second-order valence-corrected chi connectivity index (χ2v) is 31.4. The minimum absolute atomic E-state index is 0.0545. The van der Waals surface area contributed by atoms with Crippen molar-refractivity contribution in [2.75, 3.05) is 39.6 Å². The van der Waals surface area contributed by atoms with Crippen molar-refractivity contribution in [3.8, 4) is 0 Å². The maximum atomic E-state index is 13.0. The van der Waals surface area contributed by atoms with Crippen molar-refractivity contribution in [3.05, 3.63) is 11.6 Å². The van der Waals surface area contributed by atoms with Crippen LogP contribution in [0.4, 0.5) is 0 Å². The summed E-state index contributed by atoms with van der Waals surface area (Å²) in [5.41, 5.74) is -2.15. The molecule has 0 aromatic rings. The quantitative estimate of drug-likeness (QED) is 0.0354. The molecule has 33 heteroatoms. The molecule has 0 unspecified atom stereocenters. The van der Waals surface area contributed by atoms with E-state index in [2.05, 4.69) is 34.6 Å². The van der Waals surface area contributed by atoms with Gasteiger partial charge in [0.1, 0.15) is 146 Å². The zero-order valence-corrected chi connectivity index (χ0v) is 57.3. The Morgan fingerprint density at radius 2 is 0.838 bits per heavy atom. The van der Waals surface area contributed by atoms with E-state index in [0.717, 1.165) is 12.0 Å². The second-order valence-electron chi connectivity index (χ2n) is 31.4. The predicted octanol–water partition coefficient (Wildman–Crippen LogP) is -6.55. The van der Waals surface area contributed by atoms with Gasteiger partial charge in [0, 0.05) is 0 Å². The van der Waals surface area contributed by atoms with E-state index in [0.29, 0.717) is 51.4 Å². The molecule has 40 atom stereocenters. The highest BCUT2D eigenvalue weighted by Gasteiger charge is 2.72. The molecule has 0 aromatic carbocycles. The van der Waals surface area contributed by atoms with E-state index >= 15 is 0 Å². The van der Waals surface area contributed by atoms with Crippen LogP contribution in [0.15, 0.2) is 11.6 Å². The lowest BCUT2D eigenvalue weighted by molar-refractivity contribution is -0.390. The molecule has 21 N–H and O–H groups in total. The number of hydrogen-bond donors (Lipinski definition) is 21. The summed E-state index contributed by atoms with van der Waals surface area (Å²) in [6.07, 6.45) is -46.4. The fraction of sp³-hybridized carbons (Fsp3) is 0.970. The van der Waals surface area contributed by atoms with E-state index in [1.807, 2.05) is 26.8 Å². The Bertz CT molecular complexity index is 2640. The maximum absolute atomic E-state index is 13.0. The lowest BCUT2D eigenvalue weighted by Crippen LogP contribution is -2.68. The molecule has 6 heterocycles. The lowest BCUT2D eigenvalue weighted by Gasteiger charge is -2.71. The molecular formula is C66H112O33. The molecule has 6 aliphatic heterocycles. The molecule has 10 aliphatic rings. The molecule has 10 fully saturated rings. The molecule has 0 amide bonds. The highest BCUT2D eigenvalue weighted by molar-refractivity contribution is 5.21. The Kier molecular flexibility index (Phi) is 25.3. The number of hydrogen-bond acceptors (Lipinski definition) is 33. The van der Waals surface area contributed by atoms with Gasteiger partial charge in [0.2, 0.25) is 0 Å². The molecule has 99 heavy (non-hydrogen) atoms. The number of rotatable bonds is 22. The Hall–Kier alpha value is -1.58. The van der Waals surface area contributed by atoms with Crippen LogP contribution in [-0.2, 0) is 56.8 Å². The third-order valence-electron chi connectivity index (χ3n) is 25.1. The van der Waals surface area contributed by atoms with Crippen LogP contribution in [0.1, 0.15) is 113 Å². The fourth-order valence-corrected chi connectivity index (χ4v) is 19.2. The number of allylic oxidation sites excluding steroid dienone is 2. The average Bonchev–Trinajstić information content (AvgIpc) is 1.66. The molecule has 0 bridgehead atoms. The first-order valence-corrected chi connectivity index (χ1v) is 34.9. The van der Waals surface area contributed by atoms with Crippen molar-refractivity contribution in [1.82, 2.24) is 0 Å². The average molecular weight is 1430 g/mol. The summed E-state index contributed by atoms with van der Waals surface area (Å²) in [7, 11) is 0. The van der Waals surface area contributed by atoms with Crippen LogP contribution in [-0.4, -0.2) is 349 Å². The summed E-state index contributed by atoms with van der Waals surface area (Å²) in [4.78, 5) is 0. The number of ether oxygens (including phenoxy) is 12. The fourth-order valence-electron chi connectivity index (χ4n) is 19.2. The summed E-state index contributed by atoms with van der Waals surface area (Å²) >= 11 is 0. The van der Waals surface area contributed by atoms with Gasteiger partial charge in [-0.25, -0.2) is 0 Å². The van der Waals surface area contributed by atoms with Gasteiger partial charge in [-0.1, -0.05) is 46.3 Å². The number of aliphatic hydroxyl groups is 21. The van der Waals surface area contributed by atoms with Gasteiger partial charge in [0.05, 0.1) is 57.5 Å².